The lowest BCUT2D eigenvalue weighted by molar-refractivity contribution is 0.393. The molecule has 2 rings (SSSR count). The van der Waals surface area contributed by atoms with Gasteiger partial charge in [-0.1, -0.05) is 20.8 Å². The Morgan fingerprint density at radius 3 is 2.68 bits per heavy atom. The van der Waals surface area contributed by atoms with Crippen molar-refractivity contribution in [1.82, 2.24) is 10.0 Å². The Morgan fingerprint density at radius 1 is 1.42 bits per heavy atom. The molecule has 2 unspecified atom stereocenters. The topological polar surface area (TPSA) is 71.3 Å². The smallest absolute Gasteiger partial charge is 0.273 e. The molecule has 19 heavy (non-hydrogen) atoms. The molecule has 2 N–H and O–H groups in total. The van der Waals surface area contributed by atoms with E-state index in [-0.39, 0.29) is 5.09 Å². The monoisotopic (exact) mass is 286 g/mol. The highest BCUT2D eigenvalue weighted by Gasteiger charge is 2.33. The van der Waals surface area contributed by atoms with Crippen LogP contribution in [0.2, 0.25) is 0 Å². The van der Waals surface area contributed by atoms with Crippen molar-refractivity contribution in [3.8, 4) is 0 Å². The van der Waals surface area contributed by atoms with Crippen molar-refractivity contribution in [3.63, 3.8) is 0 Å². The van der Waals surface area contributed by atoms with Crippen LogP contribution < -0.4 is 10.0 Å². The molecule has 1 saturated carbocycles. The van der Waals surface area contributed by atoms with E-state index in [9.17, 15) is 8.42 Å². The van der Waals surface area contributed by atoms with E-state index in [1.54, 1.807) is 6.07 Å². The molecular formula is C13H22N2O3S. The van der Waals surface area contributed by atoms with Crippen LogP contribution in [-0.2, 0) is 16.6 Å². The fraction of sp³-hybridized carbons (Fsp3) is 0.692. The standard InChI is InChI=1S/C13H22N2O3S/c1-9(2)14-8-12-4-5-13(18-12)19(16,17)15-7-11-6-10(11)3/h4-5,9-11,14-15H,6-8H2,1-3H3. The summed E-state index contributed by atoms with van der Waals surface area (Å²) in [4.78, 5) is 0. The number of rotatable bonds is 7. The van der Waals surface area contributed by atoms with Crippen molar-refractivity contribution in [2.24, 2.45) is 11.8 Å². The quantitative estimate of drug-likeness (QED) is 0.800. The van der Waals surface area contributed by atoms with Crippen molar-refractivity contribution >= 4 is 10.0 Å². The summed E-state index contributed by atoms with van der Waals surface area (Å²) >= 11 is 0. The molecule has 1 aromatic heterocycles. The van der Waals surface area contributed by atoms with Gasteiger partial charge in [-0.2, -0.15) is 0 Å². The van der Waals surface area contributed by atoms with Crippen molar-refractivity contribution in [3.05, 3.63) is 17.9 Å². The summed E-state index contributed by atoms with van der Waals surface area (Å²) in [5.41, 5.74) is 0. The molecule has 0 aromatic carbocycles. The van der Waals surface area contributed by atoms with E-state index in [1.165, 1.54) is 6.07 Å². The van der Waals surface area contributed by atoms with Gasteiger partial charge in [0.25, 0.3) is 10.0 Å². The molecule has 108 valence electrons. The van der Waals surface area contributed by atoms with Gasteiger partial charge in [0, 0.05) is 12.6 Å². The molecule has 1 aromatic rings. The van der Waals surface area contributed by atoms with Crippen LogP contribution in [-0.4, -0.2) is 21.0 Å². The van der Waals surface area contributed by atoms with E-state index in [0.717, 1.165) is 6.42 Å². The maximum absolute atomic E-state index is 12.0. The van der Waals surface area contributed by atoms with Gasteiger partial charge in [0.05, 0.1) is 6.54 Å². The first-order valence-electron chi connectivity index (χ1n) is 6.70. The minimum absolute atomic E-state index is 0.00126. The van der Waals surface area contributed by atoms with E-state index >= 15 is 0 Å². The van der Waals surface area contributed by atoms with E-state index in [4.69, 9.17) is 4.42 Å². The lowest BCUT2D eigenvalue weighted by Gasteiger charge is -2.05. The summed E-state index contributed by atoms with van der Waals surface area (Å²) < 4.78 is 32.0. The predicted octanol–water partition coefficient (Wildman–Crippen LogP) is 1.71. The molecule has 0 bridgehead atoms. The van der Waals surface area contributed by atoms with Crippen LogP contribution >= 0.6 is 0 Å². The maximum Gasteiger partial charge on any atom is 0.273 e. The molecule has 2 atom stereocenters. The maximum atomic E-state index is 12.0. The molecule has 1 fully saturated rings. The third kappa shape index (κ3) is 4.06. The largest absolute Gasteiger partial charge is 0.447 e. The lowest BCUT2D eigenvalue weighted by atomic mass is 10.3. The Balaban J connectivity index is 1.92. The molecule has 1 heterocycles. The summed E-state index contributed by atoms with van der Waals surface area (Å²) in [5.74, 6) is 1.74. The van der Waals surface area contributed by atoms with E-state index in [0.29, 0.717) is 36.7 Å². The van der Waals surface area contributed by atoms with Gasteiger partial charge in [0.15, 0.2) is 0 Å². The molecular weight excluding hydrogens is 264 g/mol. The average molecular weight is 286 g/mol. The van der Waals surface area contributed by atoms with Gasteiger partial charge in [-0.15, -0.1) is 0 Å². The second kappa shape index (κ2) is 5.64. The number of furan rings is 1. The van der Waals surface area contributed by atoms with Crippen LogP contribution in [0.5, 0.6) is 0 Å². The highest BCUT2D eigenvalue weighted by molar-refractivity contribution is 7.89. The predicted molar refractivity (Wildman–Crippen MR) is 73.1 cm³/mol. The third-order valence-corrected chi connectivity index (χ3v) is 4.69. The molecule has 0 radical (unpaired) electrons. The second-order valence-electron chi connectivity index (χ2n) is 5.58. The van der Waals surface area contributed by atoms with Crippen LogP contribution in [0.3, 0.4) is 0 Å². The zero-order chi connectivity index (χ0) is 14.0. The lowest BCUT2D eigenvalue weighted by Crippen LogP contribution is -2.26. The summed E-state index contributed by atoms with van der Waals surface area (Å²) in [5, 5.41) is 3.18. The zero-order valence-corrected chi connectivity index (χ0v) is 12.5. The summed E-state index contributed by atoms with van der Waals surface area (Å²) in [6.45, 7) is 7.22. The van der Waals surface area contributed by atoms with Gasteiger partial charge in [0.2, 0.25) is 5.09 Å². The van der Waals surface area contributed by atoms with E-state index in [2.05, 4.69) is 17.0 Å². The summed E-state index contributed by atoms with van der Waals surface area (Å²) in [6.07, 6.45) is 1.10. The second-order valence-corrected chi connectivity index (χ2v) is 7.28. The number of hydrogen-bond donors (Lipinski definition) is 2. The highest BCUT2D eigenvalue weighted by atomic mass is 32.2. The average Bonchev–Trinajstić information content (AvgIpc) is 2.85. The van der Waals surface area contributed by atoms with Gasteiger partial charge in [-0.3, -0.25) is 0 Å². The Hall–Kier alpha value is -0.850. The first-order chi connectivity index (χ1) is 8.88. The Bertz CT molecular complexity index is 522. The van der Waals surface area contributed by atoms with Crippen LogP contribution in [0.1, 0.15) is 33.0 Å². The molecule has 0 amide bonds. The Labute approximate surface area is 114 Å². The number of hydrogen-bond acceptors (Lipinski definition) is 4. The van der Waals surface area contributed by atoms with Crippen molar-refractivity contribution in [2.45, 2.75) is 44.9 Å². The van der Waals surface area contributed by atoms with Gasteiger partial charge < -0.3 is 9.73 Å². The fourth-order valence-corrected chi connectivity index (χ4v) is 2.91. The van der Waals surface area contributed by atoms with Crippen LogP contribution in [0.4, 0.5) is 0 Å². The van der Waals surface area contributed by atoms with E-state index in [1.807, 2.05) is 13.8 Å². The van der Waals surface area contributed by atoms with Crippen molar-refractivity contribution < 1.29 is 12.8 Å². The normalized spacial score (nSPS) is 22.9. The minimum atomic E-state index is -3.50. The van der Waals surface area contributed by atoms with Crippen molar-refractivity contribution in [1.29, 1.82) is 0 Å². The first-order valence-corrected chi connectivity index (χ1v) is 8.18. The van der Waals surface area contributed by atoms with Crippen molar-refractivity contribution in [2.75, 3.05) is 6.54 Å². The van der Waals surface area contributed by atoms with Gasteiger partial charge in [-0.25, -0.2) is 13.1 Å². The molecule has 0 aliphatic heterocycles. The molecule has 1 aliphatic rings. The molecule has 1 aliphatic carbocycles. The van der Waals surface area contributed by atoms with Crippen LogP contribution in [0.25, 0.3) is 0 Å². The van der Waals surface area contributed by atoms with Gasteiger partial charge in [0.1, 0.15) is 5.76 Å². The molecule has 0 saturated heterocycles. The third-order valence-electron chi connectivity index (χ3n) is 3.40. The summed E-state index contributed by atoms with van der Waals surface area (Å²) in [6, 6.07) is 3.54. The van der Waals surface area contributed by atoms with Crippen LogP contribution in [0, 0.1) is 11.8 Å². The SMILES string of the molecule is CC(C)NCc1ccc(S(=O)(=O)NCC2CC2C)o1. The Kier molecular flexibility index (Phi) is 4.32. The highest BCUT2D eigenvalue weighted by Crippen LogP contribution is 2.37. The minimum Gasteiger partial charge on any atom is -0.447 e. The van der Waals surface area contributed by atoms with Gasteiger partial charge in [-0.05, 0) is 30.4 Å². The zero-order valence-electron chi connectivity index (χ0n) is 11.6. The van der Waals surface area contributed by atoms with E-state index < -0.39 is 10.0 Å². The molecule has 5 nitrogen and oxygen atoms in total. The van der Waals surface area contributed by atoms with Crippen LogP contribution in [0.15, 0.2) is 21.6 Å². The Morgan fingerprint density at radius 2 is 2.11 bits per heavy atom. The molecule has 0 spiro atoms. The fourth-order valence-electron chi connectivity index (χ4n) is 1.87. The number of nitrogens with one attached hydrogen (secondary N) is 2. The number of sulfonamides is 1. The summed E-state index contributed by atoms with van der Waals surface area (Å²) in [7, 11) is -3.50. The van der Waals surface area contributed by atoms with Gasteiger partial charge >= 0.3 is 0 Å². The first kappa shape index (κ1) is 14.6. The molecule has 6 heteroatoms.